The molecular formula is C17H18F3NO3. The lowest BCUT2D eigenvalue weighted by Crippen LogP contribution is -2.63. The first-order valence-electron chi connectivity index (χ1n) is 7.96. The number of carbonyl (C=O) groups excluding carboxylic acids is 1. The maximum Gasteiger partial charge on any atom is 0.471 e. The number of carbonyl (C=O) groups is 2. The Hall–Kier alpha value is -2.05. The molecule has 1 amide bonds. The van der Waals surface area contributed by atoms with Crippen LogP contribution in [-0.4, -0.2) is 39.6 Å². The summed E-state index contributed by atoms with van der Waals surface area (Å²) < 4.78 is 39.6. The minimum atomic E-state index is -5.08. The fraction of sp³-hybridized carbons (Fsp3) is 0.529. The molecule has 7 heteroatoms. The molecule has 0 heterocycles. The van der Waals surface area contributed by atoms with Crippen molar-refractivity contribution in [2.75, 3.05) is 0 Å². The summed E-state index contributed by atoms with van der Waals surface area (Å²) in [6.07, 6.45) is -3.03. The second-order valence-corrected chi connectivity index (χ2v) is 6.57. The number of carboxylic acids is 1. The fourth-order valence-corrected chi connectivity index (χ4v) is 4.03. The van der Waals surface area contributed by atoms with Crippen LogP contribution in [-0.2, 0) is 22.4 Å². The summed E-state index contributed by atoms with van der Waals surface area (Å²) in [7, 11) is 0. The van der Waals surface area contributed by atoms with Gasteiger partial charge >= 0.3 is 18.1 Å². The Morgan fingerprint density at radius 3 is 2.00 bits per heavy atom. The van der Waals surface area contributed by atoms with Crippen LogP contribution in [0.3, 0.4) is 0 Å². The van der Waals surface area contributed by atoms with E-state index < -0.39 is 29.6 Å². The minimum absolute atomic E-state index is 0.0865. The third-order valence-electron chi connectivity index (χ3n) is 5.09. The second-order valence-electron chi connectivity index (χ2n) is 6.57. The standard InChI is InChI=1S/C17H18F3NO3/c18-17(19,20)14(22)21(13-7-3-4-8-13)16(15(23)24)9-11-5-1-2-6-12(11)10-16/h1-2,5-6,13H,3-4,7-10H2,(H,23,24). The van der Waals surface area contributed by atoms with E-state index in [9.17, 15) is 27.9 Å². The number of nitrogens with zero attached hydrogens (tertiary/aromatic N) is 1. The van der Waals surface area contributed by atoms with Crippen molar-refractivity contribution >= 4 is 11.9 Å². The lowest BCUT2D eigenvalue weighted by Gasteiger charge is -2.42. The van der Waals surface area contributed by atoms with Gasteiger partial charge in [-0.3, -0.25) is 4.79 Å². The van der Waals surface area contributed by atoms with Gasteiger partial charge in [-0.2, -0.15) is 13.2 Å². The summed E-state index contributed by atoms with van der Waals surface area (Å²) in [4.78, 5) is 24.8. The second kappa shape index (κ2) is 5.79. The Bertz CT molecular complexity index is 640. The van der Waals surface area contributed by atoms with Crippen molar-refractivity contribution in [3.05, 3.63) is 35.4 Å². The number of hydrogen-bond donors (Lipinski definition) is 1. The third-order valence-corrected chi connectivity index (χ3v) is 5.09. The number of hydrogen-bond acceptors (Lipinski definition) is 2. The van der Waals surface area contributed by atoms with E-state index in [4.69, 9.17) is 0 Å². The van der Waals surface area contributed by atoms with Crippen LogP contribution in [0, 0.1) is 0 Å². The number of benzene rings is 1. The van der Waals surface area contributed by atoms with Gasteiger partial charge in [0.05, 0.1) is 0 Å². The summed E-state index contributed by atoms with van der Waals surface area (Å²) in [5.74, 6) is -3.41. The van der Waals surface area contributed by atoms with Gasteiger partial charge in [0.1, 0.15) is 5.54 Å². The Morgan fingerprint density at radius 2 is 1.58 bits per heavy atom. The van der Waals surface area contributed by atoms with E-state index in [1.54, 1.807) is 24.3 Å². The molecule has 0 aromatic heterocycles. The lowest BCUT2D eigenvalue weighted by molar-refractivity contribution is -0.198. The molecule has 1 saturated carbocycles. The highest BCUT2D eigenvalue weighted by Gasteiger charge is 2.58. The topological polar surface area (TPSA) is 57.6 Å². The van der Waals surface area contributed by atoms with E-state index in [-0.39, 0.29) is 12.8 Å². The van der Waals surface area contributed by atoms with Gasteiger partial charge in [0, 0.05) is 18.9 Å². The number of halogens is 3. The van der Waals surface area contributed by atoms with Gasteiger partial charge in [0.2, 0.25) is 0 Å². The summed E-state index contributed by atoms with van der Waals surface area (Å²) in [6.45, 7) is 0. The molecule has 0 radical (unpaired) electrons. The predicted octanol–water partition coefficient (Wildman–Crippen LogP) is 2.94. The van der Waals surface area contributed by atoms with Gasteiger partial charge in [-0.15, -0.1) is 0 Å². The summed E-state index contributed by atoms with van der Waals surface area (Å²) >= 11 is 0. The average Bonchev–Trinajstić information content (AvgIpc) is 3.14. The van der Waals surface area contributed by atoms with Gasteiger partial charge in [-0.25, -0.2) is 4.79 Å². The maximum absolute atomic E-state index is 13.2. The van der Waals surface area contributed by atoms with Crippen LogP contribution < -0.4 is 0 Å². The molecule has 0 spiro atoms. The molecule has 1 N–H and O–H groups in total. The molecule has 1 aromatic rings. The first kappa shape index (κ1) is 16.8. The van der Waals surface area contributed by atoms with Crippen LogP contribution in [0.15, 0.2) is 24.3 Å². The molecule has 130 valence electrons. The fourth-order valence-electron chi connectivity index (χ4n) is 4.03. The third kappa shape index (κ3) is 2.65. The van der Waals surface area contributed by atoms with Crippen molar-refractivity contribution in [3.8, 4) is 0 Å². The number of alkyl halides is 3. The van der Waals surface area contributed by atoms with Crippen molar-refractivity contribution in [1.29, 1.82) is 0 Å². The smallest absolute Gasteiger partial charge is 0.471 e. The van der Waals surface area contributed by atoms with Crippen molar-refractivity contribution < 1.29 is 27.9 Å². The molecule has 0 atom stereocenters. The molecule has 3 rings (SSSR count). The van der Waals surface area contributed by atoms with Crippen molar-refractivity contribution in [2.45, 2.75) is 56.3 Å². The highest BCUT2D eigenvalue weighted by Crippen LogP contribution is 2.41. The highest BCUT2D eigenvalue weighted by atomic mass is 19.4. The Balaban J connectivity index is 2.07. The lowest BCUT2D eigenvalue weighted by atomic mass is 9.90. The van der Waals surface area contributed by atoms with E-state index in [0.29, 0.717) is 41.7 Å². The Labute approximate surface area is 137 Å². The number of carboxylic acid groups (broad SMARTS) is 1. The summed E-state index contributed by atoms with van der Waals surface area (Å²) in [5.41, 5.74) is -0.471. The number of fused-ring (bicyclic) bond motifs is 1. The molecule has 0 aliphatic heterocycles. The van der Waals surface area contributed by atoms with Gasteiger partial charge in [0.25, 0.3) is 0 Å². The predicted molar refractivity (Wildman–Crippen MR) is 79.4 cm³/mol. The summed E-state index contributed by atoms with van der Waals surface area (Å²) in [5, 5.41) is 9.82. The quantitative estimate of drug-likeness (QED) is 0.920. The molecular weight excluding hydrogens is 323 g/mol. The highest BCUT2D eigenvalue weighted by molar-refractivity contribution is 5.91. The largest absolute Gasteiger partial charge is 0.479 e. The number of amides is 1. The van der Waals surface area contributed by atoms with E-state index in [0.717, 1.165) is 0 Å². The molecule has 0 saturated heterocycles. The molecule has 0 bridgehead atoms. The maximum atomic E-state index is 13.2. The molecule has 1 fully saturated rings. The van der Waals surface area contributed by atoms with Crippen molar-refractivity contribution in [2.24, 2.45) is 0 Å². The Morgan fingerprint density at radius 1 is 1.08 bits per heavy atom. The van der Waals surface area contributed by atoms with Crippen molar-refractivity contribution in [3.63, 3.8) is 0 Å². The van der Waals surface area contributed by atoms with E-state index >= 15 is 0 Å². The van der Waals surface area contributed by atoms with Crippen LogP contribution in [0.25, 0.3) is 0 Å². The first-order valence-corrected chi connectivity index (χ1v) is 7.96. The number of aliphatic carboxylic acids is 1. The van der Waals surface area contributed by atoms with E-state index in [1.807, 2.05) is 0 Å². The summed E-state index contributed by atoms with van der Waals surface area (Å²) in [6, 6.07) is 6.20. The molecule has 0 unspecified atom stereocenters. The van der Waals surface area contributed by atoms with Crippen LogP contribution in [0.2, 0.25) is 0 Å². The molecule has 2 aliphatic rings. The zero-order chi connectivity index (χ0) is 17.5. The average molecular weight is 341 g/mol. The van der Waals surface area contributed by atoms with E-state index in [2.05, 4.69) is 0 Å². The molecule has 1 aromatic carbocycles. The molecule has 24 heavy (non-hydrogen) atoms. The Kier molecular flexibility index (Phi) is 4.05. The minimum Gasteiger partial charge on any atom is -0.479 e. The van der Waals surface area contributed by atoms with Crippen LogP contribution in [0.1, 0.15) is 36.8 Å². The van der Waals surface area contributed by atoms with Crippen LogP contribution >= 0.6 is 0 Å². The van der Waals surface area contributed by atoms with E-state index in [1.165, 1.54) is 0 Å². The first-order chi connectivity index (χ1) is 11.3. The number of rotatable bonds is 3. The zero-order valence-electron chi connectivity index (χ0n) is 13.0. The van der Waals surface area contributed by atoms with Crippen LogP contribution in [0.5, 0.6) is 0 Å². The SMILES string of the molecule is O=C(N(C1CCCC1)C1(C(=O)O)Cc2ccccc2C1)C(F)(F)F. The molecule has 2 aliphatic carbocycles. The molecule has 4 nitrogen and oxygen atoms in total. The normalized spacial score (nSPS) is 20.0. The van der Waals surface area contributed by atoms with Gasteiger partial charge in [0.15, 0.2) is 0 Å². The van der Waals surface area contributed by atoms with Gasteiger partial charge in [-0.05, 0) is 24.0 Å². The monoisotopic (exact) mass is 341 g/mol. The zero-order valence-corrected chi connectivity index (χ0v) is 13.0. The van der Waals surface area contributed by atoms with Crippen molar-refractivity contribution in [1.82, 2.24) is 4.90 Å². The van der Waals surface area contributed by atoms with Gasteiger partial charge in [-0.1, -0.05) is 37.1 Å². The van der Waals surface area contributed by atoms with Crippen LogP contribution in [0.4, 0.5) is 13.2 Å². The van der Waals surface area contributed by atoms with Gasteiger partial charge < -0.3 is 10.0 Å².